The van der Waals surface area contributed by atoms with Gasteiger partial charge in [-0.2, -0.15) is 0 Å². The summed E-state index contributed by atoms with van der Waals surface area (Å²) in [7, 11) is 0. The van der Waals surface area contributed by atoms with Crippen molar-refractivity contribution in [2.24, 2.45) is 0 Å². The average molecular weight is 349 g/mol. The number of carbonyl (C=O) groups is 1. The highest BCUT2D eigenvalue weighted by atomic mass is 16.5. The van der Waals surface area contributed by atoms with Gasteiger partial charge >= 0.3 is 0 Å². The summed E-state index contributed by atoms with van der Waals surface area (Å²) in [6.07, 6.45) is 5.15. The lowest BCUT2D eigenvalue weighted by atomic mass is 10.2. The summed E-state index contributed by atoms with van der Waals surface area (Å²) in [5.74, 6) is 0.893. The summed E-state index contributed by atoms with van der Waals surface area (Å²) in [4.78, 5) is 24.2. The van der Waals surface area contributed by atoms with E-state index in [1.807, 2.05) is 30.3 Å². The number of aromatic nitrogens is 3. The van der Waals surface area contributed by atoms with Gasteiger partial charge < -0.3 is 15.4 Å². The monoisotopic (exact) mass is 349 g/mol. The van der Waals surface area contributed by atoms with E-state index in [0.717, 1.165) is 5.56 Å². The van der Waals surface area contributed by atoms with Gasteiger partial charge in [0.15, 0.2) is 0 Å². The first kappa shape index (κ1) is 17.3. The average Bonchev–Trinajstić information content (AvgIpc) is 2.69. The molecule has 0 aliphatic carbocycles. The molecule has 132 valence electrons. The van der Waals surface area contributed by atoms with Crippen molar-refractivity contribution in [3.8, 4) is 5.88 Å². The number of benzene rings is 1. The first-order valence-electron chi connectivity index (χ1n) is 8.23. The van der Waals surface area contributed by atoms with Gasteiger partial charge in [-0.25, -0.2) is 15.0 Å². The lowest BCUT2D eigenvalue weighted by molar-refractivity contribution is -0.115. The van der Waals surface area contributed by atoms with Crippen LogP contribution < -0.4 is 15.4 Å². The van der Waals surface area contributed by atoms with Crippen LogP contribution in [0.25, 0.3) is 0 Å². The molecule has 1 aromatic carbocycles. The first-order valence-corrected chi connectivity index (χ1v) is 8.23. The van der Waals surface area contributed by atoms with Crippen molar-refractivity contribution in [2.45, 2.75) is 13.0 Å². The molecule has 0 saturated heterocycles. The molecule has 0 unspecified atom stereocenters. The van der Waals surface area contributed by atoms with Crippen LogP contribution in [0.1, 0.15) is 12.0 Å². The molecule has 26 heavy (non-hydrogen) atoms. The predicted octanol–water partition coefficient (Wildman–Crippen LogP) is 2.89. The Labute approximate surface area is 151 Å². The van der Waals surface area contributed by atoms with Crippen LogP contribution in [0.4, 0.5) is 11.6 Å². The fourth-order valence-corrected chi connectivity index (χ4v) is 2.17. The zero-order valence-corrected chi connectivity index (χ0v) is 14.1. The van der Waals surface area contributed by atoms with Crippen molar-refractivity contribution in [1.29, 1.82) is 0 Å². The molecule has 0 fully saturated rings. The minimum absolute atomic E-state index is 0.117. The van der Waals surface area contributed by atoms with Crippen molar-refractivity contribution in [2.75, 3.05) is 17.2 Å². The number of pyridine rings is 1. The molecule has 0 radical (unpaired) electrons. The van der Waals surface area contributed by atoms with Crippen molar-refractivity contribution in [3.05, 3.63) is 72.7 Å². The van der Waals surface area contributed by atoms with E-state index in [-0.39, 0.29) is 5.91 Å². The topological polar surface area (TPSA) is 89.0 Å². The molecule has 0 saturated carbocycles. The van der Waals surface area contributed by atoms with Crippen molar-refractivity contribution in [1.82, 2.24) is 15.0 Å². The first-order chi connectivity index (χ1) is 12.8. The van der Waals surface area contributed by atoms with Gasteiger partial charge in [0.1, 0.15) is 6.61 Å². The number of carbonyl (C=O) groups excluding carboxylic acids is 1. The molecular weight excluding hydrogens is 330 g/mol. The Bertz CT molecular complexity index is 810. The number of nitrogens with one attached hydrogen (secondary N) is 2. The number of ether oxygens (including phenoxy) is 1. The number of rotatable bonds is 8. The summed E-state index contributed by atoms with van der Waals surface area (Å²) >= 11 is 0. The van der Waals surface area contributed by atoms with Crippen molar-refractivity contribution in [3.63, 3.8) is 0 Å². The standard InChI is InChI=1S/C19H19N5O2/c25-17(9-12-22-19-20-10-4-11-21-19)24-16-7-8-18(23-13-16)26-14-15-5-2-1-3-6-15/h1-8,10-11,13H,9,12,14H2,(H,24,25)(H,20,21,22). The van der Waals surface area contributed by atoms with E-state index in [1.165, 1.54) is 0 Å². The Balaban J connectivity index is 1.41. The SMILES string of the molecule is O=C(CCNc1ncccn1)Nc1ccc(OCc2ccccc2)nc1. The van der Waals surface area contributed by atoms with E-state index in [4.69, 9.17) is 4.74 Å². The Morgan fingerprint density at radius 3 is 2.50 bits per heavy atom. The highest BCUT2D eigenvalue weighted by molar-refractivity contribution is 5.90. The zero-order chi connectivity index (χ0) is 18.0. The van der Waals surface area contributed by atoms with Crippen LogP contribution in [0.5, 0.6) is 5.88 Å². The third-order valence-electron chi connectivity index (χ3n) is 3.45. The normalized spacial score (nSPS) is 10.2. The van der Waals surface area contributed by atoms with Gasteiger partial charge in [-0.05, 0) is 17.7 Å². The quantitative estimate of drug-likeness (QED) is 0.650. The third kappa shape index (κ3) is 5.55. The summed E-state index contributed by atoms with van der Waals surface area (Å²) in [6, 6.07) is 15.1. The van der Waals surface area contributed by atoms with Crippen molar-refractivity contribution >= 4 is 17.5 Å². The Morgan fingerprint density at radius 1 is 0.962 bits per heavy atom. The molecule has 3 rings (SSSR count). The summed E-state index contributed by atoms with van der Waals surface area (Å²) in [5, 5.41) is 5.78. The molecule has 2 N–H and O–H groups in total. The van der Waals surface area contributed by atoms with Gasteiger partial charge in [-0.1, -0.05) is 30.3 Å². The molecule has 7 nitrogen and oxygen atoms in total. The molecule has 3 aromatic rings. The summed E-state index contributed by atoms with van der Waals surface area (Å²) < 4.78 is 5.62. The molecule has 2 aromatic heterocycles. The molecule has 0 aliphatic heterocycles. The molecule has 0 bridgehead atoms. The van der Waals surface area contributed by atoms with Gasteiger partial charge in [0, 0.05) is 31.4 Å². The lowest BCUT2D eigenvalue weighted by Crippen LogP contribution is -2.17. The van der Waals surface area contributed by atoms with Gasteiger partial charge in [0.2, 0.25) is 17.7 Å². The Kier molecular flexibility index (Phi) is 6.09. The fraction of sp³-hybridized carbons (Fsp3) is 0.158. The van der Waals surface area contributed by atoms with Gasteiger partial charge in [-0.3, -0.25) is 4.79 Å². The molecule has 2 heterocycles. The van der Waals surface area contributed by atoms with Crippen LogP contribution in [0.2, 0.25) is 0 Å². The minimum atomic E-state index is -0.117. The Morgan fingerprint density at radius 2 is 1.77 bits per heavy atom. The maximum atomic E-state index is 11.9. The van der Waals surface area contributed by atoms with Crippen molar-refractivity contribution < 1.29 is 9.53 Å². The van der Waals surface area contributed by atoms with Crippen LogP contribution in [0.15, 0.2) is 67.1 Å². The molecular formula is C19H19N5O2. The molecule has 1 amide bonds. The highest BCUT2D eigenvalue weighted by Crippen LogP contribution is 2.13. The lowest BCUT2D eigenvalue weighted by Gasteiger charge is -2.08. The maximum Gasteiger partial charge on any atom is 0.226 e. The molecule has 0 spiro atoms. The predicted molar refractivity (Wildman–Crippen MR) is 98.8 cm³/mol. The van der Waals surface area contributed by atoms with E-state index in [9.17, 15) is 4.79 Å². The number of amides is 1. The second kappa shape index (κ2) is 9.12. The third-order valence-corrected chi connectivity index (χ3v) is 3.45. The van der Waals surface area contributed by atoms with Gasteiger partial charge in [-0.15, -0.1) is 0 Å². The molecule has 0 aliphatic rings. The number of anilines is 2. The van der Waals surface area contributed by atoms with Gasteiger partial charge in [0.25, 0.3) is 0 Å². The van der Waals surface area contributed by atoms with Crippen LogP contribution >= 0.6 is 0 Å². The number of hydrogen-bond acceptors (Lipinski definition) is 6. The maximum absolute atomic E-state index is 11.9. The van der Waals surface area contributed by atoms with Crippen LogP contribution in [-0.4, -0.2) is 27.4 Å². The molecule has 0 atom stereocenters. The second-order valence-corrected chi connectivity index (χ2v) is 5.46. The largest absolute Gasteiger partial charge is 0.473 e. The van der Waals surface area contributed by atoms with Crippen LogP contribution in [-0.2, 0) is 11.4 Å². The minimum Gasteiger partial charge on any atom is -0.473 e. The fourth-order valence-electron chi connectivity index (χ4n) is 2.17. The summed E-state index contributed by atoms with van der Waals surface area (Å²) in [5.41, 5.74) is 1.69. The summed E-state index contributed by atoms with van der Waals surface area (Å²) in [6.45, 7) is 0.897. The van der Waals surface area contributed by atoms with E-state index >= 15 is 0 Å². The highest BCUT2D eigenvalue weighted by Gasteiger charge is 2.04. The van der Waals surface area contributed by atoms with E-state index in [2.05, 4.69) is 25.6 Å². The number of nitrogens with zero attached hydrogens (tertiary/aromatic N) is 3. The van der Waals surface area contributed by atoms with Crippen LogP contribution in [0, 0.1) is 0 Å². The van der Waals surface area contributed by atoms with E-state index in [1.54, 1.807) is 36.8 Å². The van der Waals surface area contributed by atoms with E-state index < -0.39 is 0 Å². The molecule has 7 heteroatoms. The second-order valence-electron chi connectivity index (χ2n) is 5.46. The van der Waals surface area contributed by atoms with E-state index in [0.29, 0.717) is 37.1 Å². The van der Waals surface area contributed by atoms with Gasteiger partial charge in [0.05, 0.1) is 11.9 Å². The smallest absolute Gasteiger partial charge is 0.226 e. The Hall–Kier alpha value is -3.48. The number of hydrogen-bond donors (Lipinski definition) is 2. The van der Waals surface area contributed by atoms with Crippen LogP contribution in [0.3, 0.4) is 0 Å². The zero-order valence-electron chi connectivity index (χ0n) is 14.1.